The molecule has 2 aliphatic heterocycles. The molecule has 0 saturated heterocycles. The van der Waals surface area contributed by atoms with Gasteiger partial charge in [-0.1, -0.05) is 20.8 Å². The summed E-state index contributed by atoms with van der Waals surface area (Å²) in [7, 11) is 3.50. The van der Waals surface area contributed by atoms with E-state index in [1.54, 1.807) is 24.9 Å². The Kier molecular flexibility index (Phi) is 7.84. The maximum Gasteiger partial charge on any atom is 0.276 e. The molecule has 7 rings (SSSR count). The molecule has 0 atom stereocenters. The van der Waals surface area contributed by atoms with Gasteiger partial charge in [0.1, 0.15) is 17.2 Å². The van der Waals surface area contributed by atoms with Crippen molar-refractivity contribution in [3.8, 4) is 11.1 Å². The zero-order valence-electron chi connectivity index (χ0n) is 27.6. The normalized spacial score (nSPS) is 17.2. The number of aromatic nitrogens is 5. The number of fused-ring (bicyclic) bond motifs is 4. The number of rotatable bonds is 9. The highest BCUT2D eigenvalue weighted by Crippen LogP contribution is 2.40. The number of carbonyl (C=O) groups excluding carboxylic acids is 1. The van der Waals surface area contributed by atoms with Crippen molar-refractivity contribution in [2.75, 3.05) is 43.6 Å². The fraction of sp³-hybridized carbons (Fsp3) is 0.486. The Hall–Kier alpha value is -4.22. The number of pyridine rings is 2. The Morgan fingerprint density at radius 3 is 2.72 bits per heavy atom. The van der Waals surface area contributed by atoms with Crippen LogP contribution in [0.1, 0.15) is 60.2 Å². The summed E-state index contributed by atoms with van der Waals surface area (Å²) >= 11 is 0. The summed E-state index contributed by atoms with van der Waals surface area (Å²) in [6.07, 6.45) is 7.32. The van der Waals surface area contributed by atoms with Crippen LogP contribution in [0.15, 0.2) is 41.5 Å². The summed E-state index contributed by atoms with van der Waals surface area (Å²) in [5.41, 5.74) is 7.89. The number of amides is 1. The van der Waals surface area contributed by atoms with E-state index in [2.05, 4.69) is 41.6 Å². The lowest BCUT2D eigenvalue weighted by molar-refractivity contribution is 0.0963. The molecule has 0 fully saturated rings. The van der Waals surface area contributed by atoms with Crippen molar-refractivity contribution in [1.29, 1.82) is 0 Å². The predicted octanol–water partition coefficient (Wildman–Crippen LogP) is 4.39. The molecule has 0 bridgehead atoms. The zero-order chi connectivity index (χ0) is 32.2. The standard InChI is InChI=1S/C35H44N8O3/c1-6-26-27(8-9-36-32(26)42-13-12-41-29(34(42)45)17-23-19-35(2,3)20-30(23)41)24-16-28(33(44)39(4)21-24)37-31-18-25-22-40(10-7-15-46-5)11-14-43(25)38-31/h8-9,16-18,21H,6-7,10-15,19-20,22H2,1-5H3,(H,37,38). The molecular weight excluding hydrogens is 580 g/mol. The lowest BCUT2D eigenvalue weighted by atomic mass is 9.90. The Morgan fingerprint density at radius 2 is 1.91 bits per heavy atom. The first-order chi connectivity index (χ1) is 22.2. The molecule has 4 aromatic heterocycles. The minimum Gasteiger partial charge on any atom is -0.385 e. The first-order valence-electron chi connectivity index (χ1n) is 16.4. The van der Waals surface area contributed by atoms with E-state index in [1.807, 2.05) is 34.0 Å². The van der Waals surface area contributed by atoms with E-state index in [9.17, 15) is 9.59 Å². The van der Waals surface area contributed by atoms with Gasteiger partial charge in [0.15, 0.2) is 5.82 Å². The van der Waals surface area contributed by atoms with Gasteiger partial charge in [-0.3, -0.25) is 24.1 Å². The summed E-state index contributed by atoms with van der Waals surface area (Å²) in [5, 5.41) is 8.08. The number of methoxy groups -OCH3 is 1. The van der Waals surface area contributed by atoms with Crippen LogP contribution in [0.25, 0.3) is 11.1 Å². The average Bonchev–Trinajstić information content (AvgIpc) is 3.68. The Morgan fingerprint density at radius 1 is 1.07 bits per heavy atom. The van der Waals surface area contributed by atoms with Gasteiger partial charge in [-0.25, -0.2) is 4.98 Å². The third kappa shape index (κ3) is 5.45. The van der Waals surface area contributed by atoms with Crippen molar-refractivity contribution in [1.82, 2.24) is 28.8 Å². The van der Waals surface area contributed by atoms with Gasteiger partial charge in [-0.05, 0) is 60.4 Å². The molecule has 0 spiro atoms. The minimum absolute atomic E-state index is 0.00151. The molecule has 1 amide bonds. The number of nitrogens with zero attached hydrogens (tertiary/aromatic N) is 7. The monoisotopic (exact) mass is 624 g/mol. The van der Waals surface area contributed by atoms with Gasteiger partial charge in [-0.2, -0.15) is 5.10 Å². The van der Waals surface area contributed by atoms with Crippen LogP contribution in [0.4, 0.5) is 17.3 Å². The highest BCUT2D eigenvalue weighted by molar-refractivity contribution is 6.06. The molecule has 242 valence electrons. The molecule has 4 aromatic rings. The van der Waals surface area contributed by atoms with Crippen LogP contribution >= 0.6 is 0 Å². The second-order valence-corrected chi connectivity index (χ2v) is 13.7. The molecule has 0 radical (unpaired) electrons. The summed E-state index contributed by atoms with van der Waals surface area (Å²) in [6.45, 7) is 12.3. The lowest BCUT2D eigenvalue weighted by Gasteiger charge is -2.31. The van der Waals surface area contributed by atoms with Gasteiger partial charge in [0.05, 0.1) is 12.2 Å². The van der Waals surface area contributed by atoms with E-state index in [0.29, 0.717) is 30.3 Å². The Bertz CT molecular complexity index is 1870. The largest absolute Gasteiger partial charge is 0.385 e. The third-order valence-electron chi connectivity index (χ3n) is 9.72. The van der Waals surface area contributed by atoms with Crippen molar-refractivity contribution in [3.05, 3.63) is 75.2 Å². The number of carbonyl (C=O) groups is 1. The Labute approximate surface area is 269 Å². The number of aryl methyl sites for hydroxylation is 1. The smallest absolute Gasteiger partial charge is 0.276 e. The summed E-state index contributed by atoms with van der Waals surface area (Å²) < 4.78 is 11.1. The molecule has 3 aliphatic rings. The SMILES string of the molecule is CCc1c(-c2cc(Nc3cc4n(n3)CCN(CCCOC)C4)c(=O)n(C)c2)ccnc1N1CCn2c(cc3c2CC(C)(C)C3)C1=O. The van der Waals surface area contributed by atoms with Gasteiger partial charge in [-0.15, -0.1) is 0 Å². The van der Waals surface area contributed by atoms with Crippen LogP contribution in [0.2, 0.25) is 0 Å². The molecule has 0 saturated carbocycles. The predicted molar refractivity (Wildman–Crippen MR) is 179 cm³/mol. The van der Waals surface area contributed by atoms with Crippen molar-refractivity contribution in [2.45, 2.75) is 66.1 Å². The molecule has 6 heterocycles. The third-order valence-corrected chi connectivity index (χ3v) is 9.72. The number of anilines is 3. The quantitative estimate of drug-likeness (QED) is 0.276. The number of nitrogens with one attached hydrogen (secondary N) is 1. The topological polar surface area (TPSA) is 102 Å². The van der Waals surface area contributed by atoms with E-state index >= 15 is 0 Å². The van der Waals surface area contributed by atoms with Crippen LogP contribution in [0, 0.1) is 5.41 Å². The fourth-order valence-electron chi connectivity index (χ4n) is 7.54. The van der Waals surface area contributed by atoms with E-state index in [-0.39, 0.29) is 16.9 Å². The van der Waals surface area contributed by atoms with Crippen molar-refractivity contribution in [2.24, 2.45) is 12.5 Å². The second kappa shape index (κ2) is 11.9. The first-order valence-corrected chi connectivity index (χ1v) is 16.4. The van der Waals surface area contributed by atoms with E-state index in [1.165, 1.54) is 11.3 Å². The van der Waals surface area contributed by atoms with Crippen LogP contribution in [-0.4, -0.2) is 68.1 Å². The van der Waals surface area contributed by atoms with Crippen molar-refractivity contribution < 1.29 is 9.53 Å². The van der Waals surface area contributed by atoms with Crippen LogP contribution in [0.5, 0.6) is 0 Å². The Balaban J connectivity index is 1.16. The van der Waals surface area contributed by atoms with Crippen LogP contribution in [-0.2, 0) is 50.7 Å². The van der Waals surface area contributed by atoms with E-state index < -0.39 is 0 Å². The number of ether oxygens (including phenoxy) is 1. The van der Waals surface area contributed by atoms with Gasteiger partial charge < -0.3 is 19.2 Å². The van der Waals surface area contributed by atoms with Gasteiger partial charge in [0.25, 0.3) is 11.5 Å². The van der Waals surface area contributed by atoms with Crippen LogP contribution < -0.4 is 15.8 Å². The highest BCUT2D eigenvalue weighted by atomic mass is 16.5. The van der Waals surface area contributed by atoms with Crippen molar-refractivity contribution in [3.63, 3.8) is 0 Å². The molecule has 46 heavy (non-hydrogen) atoms. The highest BCUT2D eigenvalue weighted by Gasteiger charge is 2.37. The second-order valence-electron chi connectivity index (χ2n) is 13.7. The number of hydrogen-bond donors (Lipinski definition) is 1. The van der Waals surface area contributed by atoms with Gasteiger partial charge >= 0.3 is 0 Å². The summed E-state index contributed by atoms with van der Waals surface area (Å²) in [5.74, 6) is 1.35. The molecule has 0 aromatic carbocycles. The molecular formula is C35H44N8O3. The van der Waals surface area contributed by atoms with Gasteiger partial charge in [0.2, 0.25) is 0 Å². The lowest BCUT2D eigenvalue weighted by Crippen LogP contribution is -2.41. The maximum atomic E-state index is 13.9. The average molecular weight is 625 g/mol. The maximum absolute atomic E-state index is 13.9. The zero-order valence-corrected chi connectivity index (χ0v) is 27.6. The fourth-order valence-corrected chi connectivity index (χ4v) is 7.54. The van der Waals surface area contributed by atoms with E-state index in [4.69, 9.17) is 14.8 Å². The van der Waals surface area contributed by atoms with Gasteiger partial charge in [0, 0.05) is 88.8 Å². The summed E-state index contributed by atoms with van der Waals surface area (Å²) in [4.78, 5) is 36.2. The molecule has 11 heteroatoms. The number of hydrogen-bond acceptors (Lipinski definition) is 7. The summed E-state index contributed by atoms with van der Waals surface area (Å²) in [6, 6.07) is 8.01. The first kappa shape index (κ1) is 30.4. The molecule has 1 N–H and O–H groups in total. The minimum atomic E-state index is -0.133. The van der Waals surface area contributed by atoms with E-state index in [0.717, 1.165) is 86.7 Å². The molecule has 1 aliphatic carbocycles. The molecule has 11 nitrogen and oxygen atoms in total. The molecule has 0 unspecified atom stereocenters. The van der Waals surface area contributed by atoms with Crippen LogP contribution in [0.3, 0.4) is 0 Å². The van der Waals surface area contributed by atoms with Crippen molar-refractivity contribution >= 4 is 23.2 Å².